The molecular weight excluding hydrogens is 358 g/mol. The van der Waals surface area contributed by atoms with Crippen molar-refractivity contribution in [2.24, 2.45) is 0 Å². The van der Waals surface area contributed by atoms with E-state index in [9.17, 15) is 4.79 Å². The summed E-state index contributed by atoms with van der Waals surface area (Å²) < 4.78 is 2.24. The van der Waals surface area contributed by atoms with Crippen LogP contribution in [0.1, 0.15) is 28.4 Å². The maximum Gasteiger partial charge on any atom is 0.215 e. The molecule has 0 N–H and O–H groups in total. The van der Waals surface area contributed by atoms with Crippen molar-refractivity contribution in [3.63, 3.8) is 0 Å². The third-order valence-electron chi connectivity index (χ3n) is 5.70. The van der Waals surface area contributed by atoms with E-state index >= 15 is 0 Å². The zero-order valence-electron chi connectivity index (χ0n) is 16.2. The molecule has 0 saturated carbocycles. The molecule has 4 heteroatoms. The summed E-state index contributed by atoms with van der Waals surface area (Å²) in [5, 5.41) is 0. The van der Waals surface area contributed by atoms with E-state index < -0.39 is 0 Å². The third kappa shape index (κ3) is 2.93. The molecule has 0 spiro atoms. The molecule has 1 aliphatic rings. The van der Waals surface area contributed by atoms with E-state index in [0.717, 1.165) is 41.0 Å². The Morgan fingerprint density at radius 3 is 2.62 bits per heavy atom. The highest BCUT2D eigenvalue weighted by atomic mass is 16.1. The predicted octanol–water partition coefficient (Wildman–Crippen LogP) is 4.97. The van der Waals surface area contributed by atoms with E-state index in [0.29, 0.717) is 0 Å². The topological polar surface area (TPSA) is 38.1 Å². The number of rotatable bonds is 3. The summed E-state index contributed by atoms with van der Waals surface area (Å²) in [7, 11) is 0. The molecule has 1 unspecified atom stereocenters. The van der Waals surface area contributed by atoms with Gasteiger partial charge < -0.3 is 9.47 Å². The van der Waals surface area contributed by atoms with Gasteiger partial charge in [0.1, 0.15) is 6.04 Å². The number of carbonyl (C=O) groups is 1. The SMILES string of the molecule is Cc1cc(C2c3cccn3Cc3ccccc3N2C=O)ccc1-c1ccncc1. The fourth-order valence-electron chi connectivity index (χ4n) is 4.34. The summed E-state index contributed by atoms with van der Waals surface area (Å²) in [6.07, 6.45) is 6.67. The van der Waals surface area contributed by atoms with Crippen LogP contribution >= 0.6 is 0 Å². The van der Waals surface area contributed by atoms with E-state index in [1.165, 1.54) is 11.1 Å². The van der Waals surface area contributed by atoms with Crippen molar-refractivity contribution in [1.82, 2.24) is 9.55 Å². The number of hydrogen-bond donors (Lipinski definition) is 0. The van der Waals surface area contributed by atoms with Crippen LogP contribution in [0, 0.1) is 6.92 Å². The van der Waals surface area contributed by atoms with Crippen LogP contribution in [-0.2, 0) is 11.3 Å². The van der Waals surface area contributed by atoms with Gasteiger partial charge in [-0.25, -0.2) is 0 Å². The summed E-state index contributed by atoms with van der Waals surface area (Å²) >= 11 is 0. The zero-order chi connectivity index (χ0) is 19.8. The number of aryl methyl sites for hydroxylation is 1. The van der Waals surface area contributed by atoms with Gasteiger partial charge in [0.15, 0.2) is 0 Å². The number of fused-ring (bicyclic) bond motifs is 2. The number of anilines is 1. The van der Waals surface area contributed by atoms with Gasteiger partial charge in [-0.1, -0.05) is 36.4 Å². The minimum absolute atomic E-state index is 0.170. The number of aromatic nitrogens is 2. The lowest BCUT2D eigenvalue weighted by molar-refractivity contribution is -0.107. The lowest BCUT2D eigenvalue weighted by Crippen LogP contribution is -2.28. The summed E-state index contributed by atoms with van der Waals surface area (Å²) in [6.45, 7) is 2.88. The summed E-state index contributed by atoms with van der Waals surface area (Å²) in [5.41, 5.74) is 7.82. The fourth-order valence-corrected chi connectivity index (χ4v) is 4.34. The molecule has 142 valence electrons. The predicted molar refractivity (Wildman–Crippen MR) is 115 cm³/mol. The summed E-state index contributed by atoms with van der Waals surface area (Å²) in [6, 6.07) is 22.7. The minimum atomic E-state index is -0.170. The van der Waals surface area contributed by atoms with Gasteiger partial charge in [0, 0.05) is 36.5 Å². The molecular formula is C25H21N3O. The quantitative estimate of drug-likeness (QED) is 0.471. The highest BCUT2D eigenvalue weighted by molar-refractivity contribution is 5.80. The Morgan fingerprint density at radius 2 is 1.83 bits per heavy atom. The van der Waals surface area contributed by atoms with E-state index in [1.54, 1.807) is 0 Å². The fraction of sp³-hybridized carbons (Fsp3) is 0.120. The van der Waals surface area contributed by atoms with Crippen LogP contribution < -0.4 is 4.90 Å². The van der Waals surface area contributed by atoms with Crippen LogP contribution in [0.3, 0.4) is 0 Å². The minimum Gasteiger partial charge on any atom is -0.345 e. The molecule has 5 rings (SSSR count). The second-order valence-electron chi connectivity index (χ2n) is 7.42. The number of carbonyl (C=O) groups excluding carboxylic acids is 1. The Kier molecular flexibility index (Phi) is 4.24. The Bertz CT molecular complexity index is 1180. The number of benzene rings is 2. The molecule has 0 fully saturated rings. The highest BCUT2D eigenvalue weighted by Gasteiger charge is 2.29. The van der Waals surface area contributed by atoms with Crippen molar-refractivity contribution < 1.29 is 4.79 Å². The number of nitrogens with zero attached hydrogens (tertiary/aromatic N) is 3. The molecule has 0 radical (unpaired) electrons. The summed E-state index contributed by atoms with van der Waals surface area (Å²) in [4.78, 5) is 18.2. The second-order valence-corrected chi connectivity index (χ2v) is 7.42. The van der Waals surface area contributed by atoms with Gasteiger partial charge in [-0.2, -0.15) is 0 Å². The molecule has 2 aromatic carbocycles. The van der Waals surface area contributed by atoms with Crippen LogP contribution in [0.2, 0.25) is 0 Å². The Balaban J connectivity index is 1.66. The molecule has 1 aliphatic heterocycles. The maximum absolute atomic E-state index is 12.3. The molecule has 0 saturated heterocycles. The van der Waals surface area contributed by atoms with Crippen LogP contribution in [0.25, 0.3) is 11.1 Å². The zero-order valence-corrected chi connectivity index (χ0v) is 16.2. The highest BCUT2D eigenvalue weighted by Crippen LogP contribution is 2.38. The second kappa shape index (κ2) is 7.06. The summed E-state index contributed by atoms with van der Waals surface area (Å²) in [5.74, 6) is 0. The van der Waals surface area contributed by atoms with Crippen LogP contribution in [-0.4, -0.2) is 16.0 Å². The van der Waals surface area contributed by atoms with Crippen molar-refractivity contribution in [2.45, 2.75) is 19.5 Å². The van der Waals surface area contributed by atoms with Gasteiger partial charge in [-0.3, -0.25) is 9.78 Å². The maximum atomic E-state index is 12.3. The lowest BCUT2D eigenvalue weighted by Gasteiger charge is -2.28. The number of amides is 1. The first-order chi connectivity index (χ1) is 14.3. The van der Waals surface area contributed by atoms with Crippen molar-refractivity contribution in [2.75, 3.05) is 4.90 Å². The van der Waals surface area contributed by atoms with Gasteiger partial charge in [0.25, 0.3) is 0 Å². The molecule has 0 aliphatic carbocycles. The molecule has 4 aromatic rings. The van der Waals surface area contributed by atoms with Gasteiger partial charge in [-0.15, -0.1) is 0 Å². The largest absolute Gasteiger partial charge is 0.345 e. The Hall–Kier alpha value is -3.66. The number of pyridine rings is 1. The lowest BCUT2D eigenvalue weighted by atomic mass is 9.94. The molecule has 0 bridgehead atoms. The van der Waals surface area contributed by atoms with Crippen molar-refractivity contribution in [3.8, 4) is 11.1 Å². The van der Waals surface area contributed by atoms with E-state index in [1.807, 2.05) is 47.6 Å². The molecule has 4 nitrogen and oxygen atoms in total. The van der Waals surface area contributed by atoms with Crippen LogP contribution in [0.5, 0.6) is 0 Å². The van der Waals surface area contributed by atoms with Gasteiger partial charge >= 0.3 is 0 Å². The van der Waals surface area contributed by atoms with Crippen molar-refractivity contribution in [1.29, 1.82) is 0 Å². The number of para-hydroxylation sites is 1. The average molecular weight is 379 g/mol. The Morgan fingerprint density at radius 1 is 1.00 bits per heavy atom. The van der Waals surface area contributed by atoms with Gasteiger partial charge in [0.2, 0.25) is 6.41 Å². The first kappa shape index (κ1) is 17.4. The van der Waals surface area contributed by atoms with Crippen LogP contribution in [0.4, 0.5) is 5.69 Å². The van der Waals surface area contributed by atoms with Crippen LogP contribution in [0.15, 0.2) is 85.3 Å². The monoisotopic (exact) mass is 379 g/mol. The van der Waals surface area contributed by atoms with Gasteiger partial charge in [0.05, 0.1) is 0 Å². The first-order valence-electron chi connectivity index (χ1n) is 9.74. The molecule has 1 amide bonds. The van der Waals surface area contributed by atoms with Crippen molar-refractivity contribution >= 4 is 12.1 Å². The van der Waals surface area contributed by atoms with E-state index in [2.05, 4.69) is 59.1 Å². The smallest absolute Gasteiger partial charge is 0.215 e. The van der Waals surface area contributed by atoms with E-state index in [-0.39, 0.29) is 6.04 Å². The first-order valence-corrected chi connectivity index (χ1v) is 9.74. The Labute approximate surface area is 170 Å². The standard InChI is InChI=1S/C25H21N3O/c1-18-15-20(8-9-22(18)19-10-12-26-13-11-19)25-24-7-4-14-27(24)16-21-5-2-3-6-23(21)28(25)17-29/h2-15,17,25H,16H2,1H3. The molecule has 29 heavy (non-hydrogen) atoms. The molecule has 3 heterocycles. The molecule has 1 atom stereocenters. The van der Waals surface area contributed by atoms with Gasteiger partial charge in [-0.05, 0) is 65.1 Å². The number of hydrogen-bond acceptors (Lipinski definition) is 2. The van der Waals surface area contributed by atoms with Crippen molar-refractivity contribution in [3.05, 3.63) is 108 Å². The van der Waals surface area contributed by atoms with E-state index in [4.69, 9.17) is 0 Å². The third-order valence-corrected chi connectivity index (χ3v) is 5.70. The molecule has 2 aromatic heterocycles. The normalized spacial score (nSPS) is 15.3. The average Bonchev–Trinajstić information content (AvgIpc) is 3.15.